The van der Waals surface area contributed by atoms with Crippen molar-refractivity contribution in [1.82, 2.24) is 0 Å². The van der Waals surface area contributed by atoms with Gasteiger partial charge in [0.2, 0.25) is 0 Å². The minimum Gasteiger partial charge on any atom is -0.659 e. The van der Waals surface area contributed by atoms with Crippen molar-refractivity contribution >= 4 is 8.07 Å². The van der Waals surface area contributed by atoms with E-state index in [4.69, 9.17) is 0 Å². The van der Waals surface area contributed by atoms with E-state index < -0.39 is 8.07 Å². The standard InChI is InChI=1S/C10H22NSi.Li/c1-6-7-8-11-9-10(2)12(3,4)5;/h2,6-9H2,1,3-5H3;/q-1;+1. The Kier molecular flexibility index (Phi) is 9.67. The van der Waals surface area contributed by atoms with E-state index in [0.717, 1.165) is 13.1 Å². The molecule has 0 aromatic heterocycles. The predicted molar refractivity (Wildman–Crippen MR) is 60.5 cm³/mol. The Hall–Kier alpha value is 0.514. The summed E-state index contributed by atoms with van der Waals surface area (Å²) >= 11 is 0. The van der Waals surface area contributed by atoms with Gasteiger partial charge in [-0.1, -0.05) is 39.4 Å². The van der Waals surface area contributed by atoms with Gasteiger partial charge >= 0.3 is 18.9 Å². The van der Waals surface area contributed by atoms with Crippen molar-refractivity contribution in [3.8, 4) is 0 Å². The summed E-state index contributed by atoms with van der Waals surface area (Å²) in [6, 6.07) is 0. The van der Waals surface area contributed by atoms with Gasteiger partial charge < -0.3 is 5.32 Å². The van der Waals surface area contributed by atoms with Crippen LogP contribution in [0.25, 0.3) is 5.32 Å². The Balaban J connectivity index is 0. The molecule has 0 aromatic carbocycles. The topological polar surface area (TPSA) is 14.1 Å². The van der Waals surface area contributed by atoms with E-state index in [9.17, 15) is 0 Å². The van der Waals surface area contributed by atoms with Gasteiger partial charge in [-0.25, -0.2) is 0 Å². The van der Waals surface area contributed by atoms with Gasteiger partial charge in [0.25, 0.3) is 0 Å². The second-order valence-electron chi connectivity index (χ2n) is 4.31. The number of unbranched alkanes of at least 4 members (excludes halogenated alkanes) is 1. The summed E-state index contributed by atoms with van der Waals surface area (Å²) in [5.74, 6) is 0. The van der Waals surface area contributed by atoms with Crippen LogP contribution in [0.3, 0.4) is 0 Å². The first-order valence-corrected chi connectivity index (χ1v) is 8.30. The minimum absolute atomic E-state index is 0. The molecule has 0 aliphatic heterocycles. The van der Waals surface area contributed by atoms with Crippen LogP contribution in [0.5, 0.6) is 0 Å². The molecule has 0 bridgehead atoms. The summed E-state index contributed by atoms with van der Waals surface area (Å²) in [5.41, 5.74) is 0. The Bertz CT molecular complexity index is 140. The monoisotopic (exact) mass is 191 g/mol. The van der Waals surface area contributed by atoms with Crippen LogP contribution < -0.4 is 18.9 Å². The number of hydrogen-bond acceptors (Lipinski definition) is 0. The summed E-state index contributed by atoms with van der Waals surface area (Å²) < 4.78 is 0. The van der Waals surface area contributed by atoms with Crippen LogP contribution in [0.1, 0.15) is 19.8 Å². The molecule has 0 spiro atoms. The van der Waals surface area contributed by atoms with Gasteiger partial charge in [-0.05, 0) is 0 Å². The fourth-order valence-corrected chi connectivity index (χ4v) is 1.31. The molecule has 0 amide bonds. The Morgan fingerprint density at radius 1 is 1.31 bits per heavy atom. The zero-order chi connectivity index (χ0) is 9.61. The van der Waals surface area contributed by atoms with Crippen LogP contribution in [-0.4, -0.2) is 21.2 Å². The normalized spacial score (nSPS) is 10.8. The predicted octanol–water partition coefficient (Wildman–Crippen LogP) is 0.598. The third-order valence-electron chi connectivity index (χ3n) is 2.03. The maximum absolute atomic E-state index is 4.46. The molecule has 0 aliphatic carbocycles. The van der Waals surface area contributed by atoms with Crippen LogP contribution in [0, 0.1) is 0 Å². The molecule has 72 valence electrons. The van der Waals surface area contributed by atoms with Gasteiger partial charge in [-0.2, -0.15) is 0 Å². The summed E-state index contributed by atoms with van der Waals surface area (Å²) in [7, 11) is -1.11. The smallest absolute Gasteiger partial charge is 0.659 e. The molecule has 0 N–H and O–H groups in total. The van der Waals surface area contributed by atoms with Crippen molar-refractivity contribution in [1.29, 1.82) is 0 Å². The summed E-state index contributed by atoms with van der Waals surface area (Å²) in [6.07, 6.45) is 2.46. The minimum atomic E-state index is -1.11. The molecule has 0 rings (SSSR count). The molecule has 0 aliphatic rings. The molecule has 0 unspecified atom stereocenters. The van der Waals surface area contributed by atoms with E-state index >= 15 is 0 Å². The molecule has 0 saturated heterocycles. The average Bonchev–Trinajstić information content (AvgIpc) is 1.96. The van der Waals surface area contributed by atoms with Crippen molar-refractivity contribution in [3.05, 3.63) is 17.1 Å². The van der Waals surface area contributed by atoms with E-state index in [1.165, 1.54) is 18.0 Å². The second kappa shape index (κ2) is 7.88. The molecule has 0 saturated carbocycles. The van der Waals surface area contributed by atoms with Crippen LogP contribution in [0.4, 0.5) is 0 Å². The van der Waals surface area contributed by atoms with E-state index in [2.05, 4.69) is 38.5 Å². The van der Waals surface area contributed by atoms with Gasteiger partial charge in [-0.15, -0.1) is 24.9 Å². The van der Waals surface area contributed by atoms with Gasteiger partial charge in [0.05, 0.1) is 8.07 Å². The number of nitrogens with zero attached hydrogens (tertiary/aromatic N) is 1. The summed E-state index contributed by atoms with van der Waals surface area (Å²) in [6.45, 7) is 15.2. The van der Waals surface area contributed by atoms with Crippen molar-refractivity contribution in [2.24, 2.45) is 0 Å². The van der Waals surface area contributed by atoms with Crippen LogP contribution in [-0.2, 0) is 0 Å². The van der Waals surface area contributed by atoms with Crippen LogP contribution >= 0.6 is 0 Å². The molecular weight excluding hydrogens is 169 g/mol. The Morgan fingerprint density at radius 2 is 1.85 bits per heavy atom. The van der Waals surface area contributed by atoms with Gasteiger partial charge in [0.15, 0.2) is 0 Å². The fraction of sp³-hybridized carbons (Fsp3) is 0.800. The SMILES string of the molecule is C=C(C[N-]CCCC)[Si](C)(C)C.[Li+]. The summed E-state index contributed by atoms with van der Waals surface area (Å²) in [4.78, 5) is 0. The number of hydrogen-bond donors (Lipinski definition) is 0. The van der Waals surface area contributed by atoms with E-state index in [0.29, 0.717) is 0 Å². The second-order valence-corrected chi connectivity index (χ2v) is 9.52. The zero-order valence-electron chi connectivity index (χ0n) is 9.98. The van der Waals surface area contributed by atoms with Crippen molar-refractivity contribution in [3.63, 3.8) is 0 Å². The molecule has 0 aromatic rings. The molecule has 0 heterocycles. The first-order chi connectivity index (χ1) is 5.48. The zero-order valence-corrected chi connectivity index (χ0v) is 11.0. The molecule has 0 radical (unpaired) electrons. The first-order valence-electron chi connectivity index (χ1n) is 4.80. The van der Waals surface area contributed by atoms with Crippen LogP contribution in [0.15, 0.2) is 11.8 Å². The van der Waals surface area contributed by atoms with Crippen molar-refractivity contribution in [2.45, 2.75) is 39.4 Å². The van der Waals surface area contributed by atoms with E-state index in [1.807, 2.05) is 0 Å². The first kappa shape index (κ1) is 16.0. The Labute approximate surface area is 96.6 Å². The molecule has 13 heavy (non-hydrogen) atoms. The average molecular weight is 191 g/mol. The molecule has 3 heteroatoms. The van der Waals surface area contributed by atoms with Crippen molar-refractivity contribution < 1.29 is 18.9 Å². The van der Waals surface area contributed by atoms with Crippen molar-refractivity contribution in [2.75, 3.05) is 13.1 Å². The van der Waals surface area contributed by atoms with Gasteiger partial charge in [0, 0.05) is 0 Å². The van der Waals surface area contributed by atoms with Gasteiger partial charge in [0.1, 0.15) is 0 Å². The molecular formula is C10H22LiNSi. The van der Waals surface area contributed by atoms with E-state index in [1.54, 1.807) is 0 Å². The maximum atomic E-state index is 4.46. The third-order valence-corrected chi connectivity index (χ3v) is 4.31. The maximum Gasteiger partial charge on any atom is 1.00 e. The largest absolute Gasteiger partial charge is 1.00 e. The third kappa shape index (κ3) is 8.83. The molecule has 0 atom stereocenters. The Morgan fingerprint density at radius 3 is 2.23 bits per heavy atom. The van der Waals surface area contributed by atoms with E-state index in [-0.39, 0.29) is 18.9 Å². The quantitative estimate of drug-likeness (QED) is 0.431. The molecule has 1 nitrogen and oxygen atoms in total. The summed E-state index contributed by atoms with van der Waals surface area (Å²) in [5, 5.41) is 5.84. The van der Waals surface area contributed by atoms with Gasteiger partial charge in [-0.3, -0.25) is 0 Å². The fourth-order valence-electron chi connectivity index (χ4n) is 0.721. The van der Waals surface area contributed by atoms with Crippen LogP contribution in [0.2, 0.25) is 19.6 Å². The number of rotatable bonds is 6. The molecule has 0 fully saturated rings.